The minimum Gasteiger partial charge on any atom is -1.00 e. The van der Waals surface area contributed by atoms with Gasteiger partial charge in [0, 0.05) is 23.4 Å². The normalized spacial score (nSPS) is 17.2. The predicted molar refractivity (Wildman–Crippen MR) is 93.8 cm³/mol. The second-order valence-corrected chi connectivity index (χ2v) is 6.06. The number of halogens is 1. The quantitative estimate of drug-likeness (QED) is 0.157. The Morgan fingerprint density at radius 2 is 1.81 bits per heavy atom. The summed E-state index contributed by atoms with van der Waals surface area (Å²) in [5.74, 6) is -1.25. The Morgan fingerprint density at radius 3 is 2.38 bits per heavy atom. The summed E-state index contributed by atoms with van der Waals surface area (Å²) in [7, 11) is 0. The Kier molecular flexibility index (Phi) is 6.24. The molecule has 3 rings (SSSR count). The van der Waals surface area contributed by atoms with Crippen molar-refractivity contribution >= 4 is 46.6 Å². The van der Waals surface area contributed by atoms with Gasteiger partial charge in [-0.25, -0.2) is 0 Å². The molecule has 2 aliphatic rings. The zero-order valence-corrected chi connectivity index (χ0v) is 15.1. The van der Waals surface area contributed by atoms with Crippen LogP contribution in [-0.4, -0.2) is 48.0 Å². The van der Waals surface area contributed by atoms with Gasteiger partial charge in [-0.15, -0.1) is 0 Å². The van der Waals surface area contributed by atoms with Gasteiger partial charge in [0.15, 0.2) is 5.11 Å². The lowest BCUT2D eigenvalue weighted by Crippen LogP contribution is -3.00. The second kappa shape index (κ2) is 8.21. The summed E-state index contributed by atoms with van der Waals surface area (Å²) in [5.41, 5.74) is 0.953. The first-order valence-electron chi connectivity index (χ1n) is 7.69. The van der Waals surface area contributed by atoms with Crippen LogP contribution in [0, 0.1) is 10.1 Å². The summed E-state index contributed by atoms with van der Waals surface area (Å²) in [6, 6.07) is 4.44. The summed E-state index contributed by atoms with van der Waals surface area (Å²) >= 11 is 4.77. The summed E-state index contributed by atoms with van der Waals surface area (Å²) in [6.45, 7) is 3.36. The lowest BCUT2D eigenvalue weighted by molar-refractivity contribution is -0.655. The van der Waals surface area contributed by atoms with Crippen molar-refractivity contribution in [2.45, 2.75) is 0 Å². The Labute approximate surface area is 160 Å². The van der Waals surface area contributed by atoms with Crippen LogP contribution < -0.4 is 33.3 Å². The van der Waals surface area contributed by atoms with Gasteiger partial charge in [0.05, 0.1) is 31.1 Å². The third kappa shape index (κ3) is 4.15. The van der Waals surface area contributed by atoms with Gasteiger partial charge < -0.3 is 22.6 Å². The number of nitro benzene ring substituents is 1. The van der Waals surface area contributed by atoms with E-state index in [9.17, 15) is 19.7 Å². The topological polar surface area (TPSA) is 121 Å². The average Bonchev–Trinajstić information content (AvgIpc) is 2.58. The van der Waals surface area contributed by atoms with E-state index >= 15 is 0 Å². The largest absolute Gasteiger partial charge is 1.00 e. The van der Waals surface area contributed by atoms with Crippen LogP contribution >= 0.6 is 12.2 Å². The van der Waals surface area contributed by atoms with Gasteiger partial charge in [0.2, 0.25) is 0 Å². The van der Waals surface area contributed by atoms with E-state index < -0.39 is 16.7 Å². The van der Waals surface area contributed by atoms with Crippen molar-refractivity contribution in [2.24, 2.45) is 0 Å². The number of quaternary nitrogens is 1. The van der Waals surface area contributed by atoms with Gasteiger partial charge in [0.1, 0.15) is 5.57 Å². The molecule has 4 N–H and O–H groups in total. The number of rotatable bonds is 3. The van der Waals surface area contributed by atoms with Gasteiger partial charge in [-0.1, -0.05) is 0 Å². The molecule has 2 fully saturated rings. The molecule has 0 unspecified atom stereocenters. The van der Waals surface area contributed by atoms with E-state index in [1.807, 2.05) is 0 Å². The number of piperazine rings is 1. The van der Waals surface area contributed by atoms with Crippen molar-refractivity contribution in [3.05, 3.63) is 39.4 Å². The minimum atomic E-state index is -0.627. The van der Waals surface area contributed by atoms with Gasteiger partial charge >= 0.3 is 0 Å². The highest BCUT2D eigenvalue weighted by Gasteiger charge is 2.27. The standard InChI is InChI=1S/C15H15N5O4S.ClH/c21-13-11(14(22)18-15(25)17-13)8-9-7-10(20(23)24)1-2-12(9)19-5-3-16-4-6-19;/h1-2,7-8,16H,3-6H2,(H2,17,18,21,22,25);1H. The zero-order valence-electron chi connectivity index (χ0n) is 13.5. The number of hydrogen-bond donors (Lipinski definition) is 3. The van der Waals surface area contributed by atoms with E-state index in [-0.39, 0.29) is 28.8 Å². The maximum atomic E-state index is 12.0. The molecule has 9 nitrogen and oxygen atoms in total. The number of nitro groups is 1. The second-order valence-electron chi connectivity index (χ2n) is 5.65. The van der Waals surface area contributed by atoms with E-state index in [0.717, 1.165) is 31.9 Å². The van der Waals surface area contributed by atoms with Crippen LogP contribution in [0.1, 0.15) is 5.56 Å². The van der Waals surface area contributed by atoms with Gasteiger partial charge in [-0.3, -0.25) is 30.3 Å². The van der Waals surface area contributed by atoms with Crippen molar-refractivity contribution in [3.8, 4) is 0 Å². The Bertz CT molecular complexity index is 785. The Morgan fingerprint density at radius 1 is 1.19 bits per heavy atom. The first kappa shape index (κ1) is 19.8. The van der Waals surface area contributed by atoms with Crippen molar-refractivity contribution in [2.75, 3.05) is 31.1 Å². The van der Waals surface area contributed by atoms with Crippen molar-refractivity contribution in [1.29, 1.82) is 0 Å². The van der Waals surface area contributed by atoms with E-state index in [4.69, 9.17) is 12.2 Å². The van der Waals surface area contributed by atoms with Crippen LogP contribution in [0.5, 0.6) is 0 Å². The van der Waals surface area contributed by atoms with E-state index in [2.05, 4.69) is 20.9 Å². The first-order valence-corrected chi connectivity index (χ1v) is 8.10. The van der Waals surface area contributed by atoms with Crippen LogP contribution in [0.4, 0.5) is 11.4 Å². The molecular formula is C15H16ClN5O4S. The van der Waals surface area contributed by atoms with Crippen molar-refractivity contribution < 1.29 is 32.2 Å². The smallest absolute Gasteiger partial charge is 0.270 e. The Hall–Kier alpha value is -2.56. The highest BCUT2D eigenvalue weighted by molar-refractivity contribution is 7.80. The number of nitrogens with zero attached hydrogens (tertiary/aromatic N) is 2. The van der Waals surface area contributed by atoms with Crippen LogP contribution in [0.3, 0.4) is 0 Å². The number of thiocarbonyl (C=S) groups is 1. The molecule has 2 heterocycles. The average molecular weight is 398 g/mol. The summed E-state index contributed by atoms with van der Waals surface area (Å²) in [4.78, 5) is 36.8. The maximum Gasteiger partial charge on any atom is 0.270 e. The molecule has 1 aromatic carbocycles. The van der Waals surface area contributed by atoms with Crippen LogP contribution in [0.2, 0.25) is 0 Å². The molecule has 2 aliphatic heterocycles. The number of non-ortho nitro benzene ring substituents is 1. The number of carbonyl (C=O) groups excluding carboxylic acids is 2. The van der Waals surface area contributed by atoms with Crippen molar-refractivity contribution in [1.82, 2.24) is 10.6 Å². The fourth-order valence-corrected chi connectivity index (χ4v) is 3.00. The molecule has 0 aromatic heterocycles. The predicted octanol–water partition coefficient (Wildman–Crippen LogP) is -4.10. The fourth-order valence-electron chi connectivity index (χ4n) is 2.81. The molecular weight excluding hydrogens is 382 g/mol. The molecule has 0 bridgehead atoms. The lowest BCUT2D eigenvalue weighted by atomic mass is 10.0. The van der Waals surface area contributed by atoms with Gasteiger partial charge in [0.25, 0.3) is 17.5 Å². The number of nitrogens with two attached hydrogens (primary N) is 1. The minimum absolute atomic E-state index is 0. The molecule has 2 saturated heterocycles. The van der Waals surface area contributed by atoms with E-state index in [1.54, 1.807) is 6.07 Å². The third-order valence-corrected chi connectivity index (χ3v) is 4.22. The zero-order chi connectivity index (χ0) is 18.0. The van der Waals surface area contributed by atoms with E-state index in [1.165, 1.54) is 18.2 Å². The highest BCUT2D eigenvalue weighted by Crippen LogP contribution is 2.28. The molecule has 2 amide bonds. The molecule has 0 radical (unpaired) electrons. The molecule has 0 aliphatic carbocycles. The van der Waals surface area contributed by atoms with Crippen molar-refractivity contribution in [3.63, 3.8) is 0 Å². The molecule has 0 atom stereocenters. The number of anilines is 1. The number of carbonyl (C=O) groups is 2. The molecule has 1 aromatic rings. The fraction of sp³-hybridized carbons (Fsp3) is 0.267. The monoisotopic (exact) mass is 397 g/mol. The molecule has 0 spiro atoms. The molecule has 0 saturated carbocycles. The third-order valence-electron chi connectivity index (χ3n) is 4.01. The van der Waals surface area contributed by atoms with Gasteiger partial charge in [-0.05, 0) is 24.4 Å². The summed E-state index contributed by atoms with van der Waals surface area (Å²) in [6.07, 6.45) is 1.37. The summed E-state index contributed by atoms with van der Waals surface area (Å²) < 4.78 is 0. The van der Waals surface area contributed by atoms with E-state index in [0.29, 0.717) is 5.56 Å². The van der Waals surface area contributed by atoms with Gasteiger partial charge in [-0.2, -0.15) is 0 Å². The molecule has 138 valence electrons. The number of benzene rings is 1. The molecule has 11 heteroatoms. The Balaban J connectivity index is 0.00000243. The number of nitrogens with one attached hydrogen (secondary N) is 2. The highest BCUT2D eigenvalue weighted by atomic mass is 35.5. The lowest BCUT2D eigenvalue weighted by Gasteiger charge is -2.28. The first-order chi connectivity index (χ1) is 12.0. The maximum absolute atomic E-state index is 12.0. The SMILES string of the molecule is O=C1NC(=S)NC(=O)C1=Cc1cc([N+](=O)[O-])ccc1N1CC[NH2+]CC1.[Cl-]. The summed E-state index contributed by atoms with van der Waals surface area (Å²) in [5, 5.41) is 17.9. The van der Waals surface area contributed by atoms with Crippen LogP contribution in [0.25, 0.3) is 6.08 Å². The number of hydrogen-bond acceptors (Lipinski definition) is 6. The van der Waals surface area contributed by atoms with Crippen LogP contribution in [-0.2, 0) is 9.59 Å². The number of amides is 2. The molecule has 26 heavy (non-hydrogen) atoms. The van der Waals surface area contributed by atoms with Crippen LogP contribution in [0.15, 0.2) is 23.8 Å².